The Labute approximate surface area is 97.3 Å². The third kappa shape index (κ3) is 2.08. The number of ketones is 1. The van der Waals surface area contributed by atoms with Crippen molar-refractivity contribution in [1.82, 2.24) is 9.78 Å². The molecule has 86 valence electrons. The van der Waals surface area contributed by atoms with E-state index in [1.807, 2.05) is 30.3 Å². The van der Waals surface area contributed by atoms with Crippen molar-refractivity contribution in [2.45, 2.75) is 0 Å². The van der Waals surface area contributed by atoms with Gasteiger partial charge in [-0.2, -0.15) is 5.10 Å². The van der Waals surface area contributed by atoms with Crippen LogP contribution in [0.4, 0.5) is 0 Å². The third-order valence-electron chi connectivity index (χ3n) is 2.38. The molecule has 5 nitrogen and oxygen atoms in total. The minimum Gasteiger partial charge on any atom is -0.475 e. The number of carbonyl (C=O) groups excluding carboxylic acids is 1. The number of nitrogens with zero attached hydrogens (tertiary/aromatic N) is 2. The van der Waals surface area contributed by atoms with Crippen molar-refractivity contribution in [3.8, 4) is 11.3 Å². The quantitative estimate of drug-likeness (QED) is 0.638. The van der Waals surface area contributed by atoms with E-state index < -0.39 is 11.8 Å². The molecule has 0 aliphatic rings. The van der Waals surface area contributed by atoms with Gasteiger partial charge in [0.05, 0.1) is 5.69 Å². The number of rotatable bonds is 3. The molecule has 0 spiro atoms. The summed E-state index contributed by atoms with van der Waals surface area (Å²) in [5.74, 6) is -2.44. The molecule has 1 N–H and O–H groups in total. The van der Waals surface area contributed by atoms with Crippen LogP contribution in [0.5, 0.6) is 0 Å². The van der Waals surface area contributed by atoms with E-state index in [0.717, 1.165) is 5.56 Å². The molecule has 0 fully saturated rings. The molecule has 0 saturated carbocycles. The van der Waals surface area contributed by atoms with Crippen LogP contribution in [0, 0.1) is 0 Å². The van der Waals surface area contributed by atoms with Gasteiger partial charge >= 0.3 is 5.97 Å². The van der Waals surface area contributed by atoms with Gasteiger partial charge in [0, 0.05) is 12.6 Å². The second kappa shape index (κ2) is 4.21. The first kappa shape index (κ1) is 11.1. The standard InChI is InChI=1S/C12H10N2O3/c1-14-10(11(15)12(16)17)7-9(13-14)8-5-3-2-4-6-8/h2-7H,1H3,(H,16,17). The maximum Gasteiger partial charge on any atom is 0.378 e. The highest BCUT2D eigenvalue weighted by Gasteiger charge is 2.20. The summed E-state index contributed by atoms with van der Waals surface area (Å²) in [5.41, 5.74) is 1.49. The van der Waals surface area contributed by atoms with Crippen LogP contribution < -0.4 is 0 Å². The molecular formula is C12H10N2O3. The fourth-order valence-corrected chi connectivity index (χ4v) is 1.54. The lowest BCUT2D eigenvalue weighted by Gasteiger charge is -1.94. The number of Topliss-reactive ketones (excluding diaryl/α,β-unsaturated/α-hetero) is 1. The van der Waals surface area contributed by atoms with Crippen LogP contribution in [-0.4, -0.2) is 26.6 Å². The van der Waals surface area contributed by atoms with Crippen molar-refractivity contribution in [2.24, 2.45) is 7.05 Å². The molecule has 0 radical (unpaired) electrons. The molecular weight excluding hydrogens is 220 g/mol. The summed E-state index contributed by atoms with van der Waals surface area (Å²) in [5, 5.41) is 12.8. The Bertz CT molecular complexity index is 573. The summed E-state index contributed by atoms with van der Waals surface area (Å²) < 4.78 is 1.28. The number of aliphatic carboxylic acids is 1. The van der Waals surface area contributed by atoms with Gasteiger partial charge in [-0.3, -0.25) is 9.48 Å². The number of aryl methyl sites for hydroxylation is 1. The largest absolute Gasteiger partial charge is 0.475 e. The number of carbonyl (C=O) groups is 2. The van der Waals surface area contributed by atoms with Crippen LogP contribution in [0.1, 0.15) is 10.5 Å². The Morgan fingerprint density at radius 2 is 1.88 bits per heavy atom. The van der Waals surface area contributed by atoms with E-state index in [0.29, 0.717) is 5.69 Å². The first-order chi connectivity index (χ1) is 8.09. The number of benzene rings is 1. The van der Waals surface area contributed by atoms with Gasteiger partial charge in [-0.25, -0.2) is 4.79 Å². The molecule has 2 aromatic rings. The molecule has 17 heavy (non-hydrogen) atoms. The molecule has 1 aromatic carbocycles. The van der Waals surface area contributed by atoms with Crippen LogP contribution in [0.2, 0.25) is 0 Å². The third-order valence-corrected chi connectivity index (χ3v) is 2.38. The van der Waals surface area contributed by atoms with Crippen molar-refractivity contribution in [1.29, 1.82) is 0 Å². The zero-order valence-electron chi connectivity index (χ0n) is 9.12. The molecule has 0 atom stereocenters. The predicted molar refractivity (Wildman–Crippen MR) is 60.6 cm³/mol. The number of hydrogen-bond donors (Lipinski definition) is 1. The van der Waals surface area contributed by atoms with Crippen molar-refractivity contribution in [3.63, 3.8) is 0 Å². The molecule has 2 rings (SSSR count). The Kier molecular flexibility index (Phi) is 2.74. The first-order valence-electron chi connectivity index (χ1n) is 4.96. The molecule has 1 aromatic heterocycles. The lowest BCUT2D eigenvalue weighted by atomic mass is 10.1. The number of hydrogen-bond acceptors (Lipinski definition) is 3. The van der Waals surface area contributed by atoms with E-state index in [2.05, 4.69) is 5.10 Å². The summed E-state index contributed by atoms with van der Waals surface area (Å²) >= 11 is 0. The average molecular weight is 230 g/mol. The summed E-state index contributed by atoms with van der Waals surface area (Å²) in [7, 11) is 1.54. The summed E-state index contributed by atoms with van der Waals surface area (Å²) in [6.45, 7) is 0. The Balaban J connectivity index is 2.44. The van der Waals surface area contributed by atoms with Crippen molar-refractivity contribution >= 4 is 11.8 Å². The van der Waals surface area contributed by atoms with Gasteiger partial charge in [0.1, 0.15) is 5.69 Å². The van der Waals surface area contributed by atoms with Gasteiger partial charge in [-0.15, -0.1) is 0 Å². The van der Waals surface area contributed by atoms with Gasteiger partial charge in [0.25, 0.3) is 5.78 Å². The van der Waals surface area contributed by atoms with E-state index in [-0.39, 0.29) is 5.69 Å². The van der Waals surface area contributed by atoms with E-state index >= 15 is 0 Å². The van der Waals surface area contributed by atoms with Crippen LogP contribution in [0.3, 0.4) is 0 Å². The SMILES string of the molecule is Cn1nc(-c2ccccc2)cc1C(=O)C(=O)O. The van der Waals surface area contributed by atoms with Crippen molar-refractivity contribution in [2.75, 3.05) is 0 Å². The lowest BCUT2D eigenvalue weighted by Crippen LogP contribution is -2.16. The maximum absolute atomic E-state index is 11.3. The van der Waals surface area contributed by atoms with Gasteiger partial charge < -0.3 is 5.11 Å². The number of carboxylic acid groups (broad SMARTS) is 1. The fraction of sp³-hybridized carbons (Fsp3) is 0.0833. The molecule has 0 bridgehead atoms. The Hall–Kier alpha value is -2.43. The Morgan fingerprint density at radius 3 is 2.47 bits per heavy atom. The number of carboxylic acids is 1. The monoisotopic (exact) mass is 230 g/mol. The van der Waals surface area contributed by atoms with E-state index in [1.165, 1.54) is 10.7 Å². The molecule has 0 aliphatic carbocycles. The zero-order chi connectivity index (χ0) is 12.4. The highest BCUT2D eigenvalue weighted by Crippen LogP contribution is 2.18. The van der Waals surface area contributed by atoms with E-state index in [1.54, 1.807) is 7.05 Å². The molecule has 0 saturated heterocycles. The normalized spacial score (nSPS) is 10.2. The summed E-state index contributed by atoms with van der Waals surface area (Å²) in [6, 6.07) is 10.7. The van der Waals surface area contributed by atoms with Gasteiger partial charge in [-0.1, -0.05) is 30.3 Å². The van der Waals surface area contributed by atoms with Gasteiger partial charge in [-0.05, 0) is 6.07 Å². The fourth-order valence-electron chi connectivity index (χ4n) is 1.54. The van der Waals surface area contributed by atoms with Gasteiger partial charge in [0.15, 0.2) is 0 Å². The summed E-state index contributed by atoms with van der Waals surface area (Å²) in [4.78, 5) is 22.0. The second-order valence-electron chi connectivity index (χ2n) is 3.54. The summed E-state index contributed by atoms with van der Waals surface area (Å²) in [6.07, 6.45) is 0. The molecule has 0 unspecified atom stereocenters. The van der Waals surface area contributed by atoms with Crippen molar-refractivity contribution < 1.29 is 14.7 Å². The van der Waals surface area contributed by atoms with Gasteiger partial charge in [0.2, 0.25) is 0 Å². The maximum atomic E-state index is 11.3. The topological polar surface area (TPSA) is 72.2 Å². The predicted octanol–water partition coefficient (Wildman–Crippen LogP) is 1.35. The minimum atomic E-state index is -1.48. The highest BCUT2D eigenvalue weighted by molar-refractivity contribution is 6.39. The van der Waals surface area contributed by atoms with Crippen LogP contribution in [0.15, 0.2) is 36.4 Å². The Morgan fingerprint density at radius 1 is 1.24 bits per heavy atom. The molecule has 0 amide bonds. The van der Waals surface area contributed by atoms with E-state index in [4.69, 9.17) is 5.11 Å². The van der Waals surface area contributed by atoms with Crippen LogP contribution in [0.25, 0.3) is 11.3 Å². The first-order valence-corrected chi connectivity index (χ1v) is 4.96. The lowest BCUT2D eigenvalue weighted by molar-refractivity contribution is -0.131. The van der Waals surface area contributed by atoms with Crippen molar-refractivity contribution in [3.05, 3.63) is 42.1 Å². The van der Waals surface area contributed by atoms with E-state index in [9.17, 15) is 9.59 Å². The second-order valence-corrected chi connectivity index (χ2v) is 3.54. The minimum absolute atomic E-state index is 0.0661. The highest BCUT2D eigenvalue weighted by atomic mass is 16.4. The smallest absolute Gasteiger partial charge is 0.378 e. The number of aromatic nitrogens is 2. The zero-order valence-corrected chi connectivity index (χ0v) is 9.12. The average Bonchev–Trinajstić information content (AvgIpc) is 2.71. The van der Waals surface area contributed by atoms with Crippen LogP contribution in [-0.2, 0) is 11.8 Å². The molecule has 1 heterocycles. The molecule has 5 heteroatoms. The van der Waals surface area contributed by atoms with Crippen LogP contribution >= 0.6 is 0 Å². The molecule has 0 aliphatic heterocycles.